The molecule has 1 aliphatic carbocycles. The molecule has 4 rings (SSSR count). The van der Waals surface area contributed by atoms with E-state index in [1.165, 1.54) is 10.4 Å². The van der Waals surface area contributed by atoms with Crippen LogP contribution in [0.15, 0.2) is 29.2 Å². The zero-order chi connectivity index (χ0) is 18.4. The second-order valence-electron chi connectivity index (χ2n) is 7.53. The van der Waals surface area contributed by atoms with Gasteiger partial charge in [-0.2, -0.15) is 4.31 Å². The molecule has 3 fully saturated rings. The number of rotatable bonds is 3. The molecule has 1 aromatic carbocycles. The minimum atomic E-state index is -3.62. The molecule has 1 aromatic rings. The molecule has 2 saturated heterocycles. The van der Waals surface area contributed by atoms with Crippen molar-refractivity contribution < 1.29 is 13.2 Å². The maximum Gasteiger partial charge on any atom is 0.244 e. The molecule has 1 spiro atoms. The molecular weight excluding hydrogens is 409 g/mol. The highest BCUT2D eigenvalue weighted by Gasteiger charge is 2.58. The van der Waals surface area contributed by atoms with Crippen LogP contribution in [0.25, 0.3) is 0 Å². The van der Waals surface area contributed by atoms with Crippen LogP contribution < -0.4 is 5.32 Å². The van der Waals surface area contributed by atoms with Gasteiger partial charge in [0.1, 0.15) is 4.90 Å². The number of nitrogens with one attached hydrogen (secondary N) is 1. The van der Waals surface area contributed by atoms with Gasteiger partial charge in [0.2, 0.25) is 15.9 Å². The van der Waals surface area contributed by atoms with Gasteiger partial charge in [0.25, 0.3) is 0 Å². The summed E-state index contributed by atoms with van der Waals surface area (Å²) in [6.07, 6.45) is 3.14. The van der Waals surface area contributed by atoms with Crippen molar-refractivity contribution in [2.75, 3.05) is 39.3 Å². The summed E-state index contributed by atoms with van der Waals surface area (Å²) in [5.41, 5.74) is 0.211. The number of halogens is 2. The van der Waals surface area contributed by atoms with Crippen molar-refractivity contribution in [2.45, 2.75) is 24.2 Å². The quantitative estimate of drug-likeness (QED) is 0.790. The Kier molecular flexibility index (Phi) is 6.08. The number of hydrogen-bond acceptors (Lipinski definition) is 4. The highest BCUT2D eigenvalue weighted by atomic mass is 35.5. The molecular formula is C18H25Cl2N3O3S. The van der Waals surface area contributed by atoms with Crippen LogP contribution in [-0.4, -0.2) is 62.8 Å². The summed E-state index contributed by atoms with van der Waals surface area (Å²) < 4.78 is 27.0. The van der Waals surface area contributed by atoms with E-state index in [0.29, 0.717) is 26.2 Å². The highest BCUT2D eigenvalue weighted by molar-refractivity contribution is 7.89. The van der Waals surface area contributed by atoms with Crippen LogP contribution in [0.3, 0.4) is 0 Å². The Morgan fingerprint density at radius 1 is 1.11 bits per heavy atom. The predicted molar refractivity (Wildman–Crippen MR) is 107 cm³/mol. The minimum absolute atomic E-state index is 0. The lowest BCUT2D eigenvalue weighted by Gasteiger charge is -2.35. The Morgan fingerprint density at radius 3 is 2.37 bits per heavy atom. The van der Waals surface area contributed by atoms with Crippen molar-refractivity contribution >= 4 is 39.9 Å². The molecule has 1 saturated carbocycles. The molecule has 1 atom stereocenters. The molecule has 27 heavy (non-hydrogen) atoms. The van der Waals surface area contributed by atoms with Gasteiger partial charge in [0, 0.05) is 32.1 Å². The van der Waals surface area contributed by atoms with Crippen molar-refractivity contribution in [3.8, 4) is 0 Å². The maximum absolute atomic E-state index is 12.8. The van der Waals surface area contributed by atoms with E-state index in [9.17, 15) is 13.2 Å². The first-order valence-electron chi connectivity index (χ1n) is 9.18. The van der Waals surface area contributed by atoms with Gasteiger partial charge < -0.3 is 10.2 Å². The molecule has 0 radical (unpaired) electrons. The normalized spacial score (nSPS) is 25.1. The Morgan fingerprint density at radius 2 is 1.74 bits per heavy atom. The number of sulfonamides is 1. The van der Waals surface area contributed by atoms with E-state index in [1.807, 2.05) is 4.90 Å². The SMILES string of the molecule is Cl.O=C(C1CC12CCNCC2)N1CCN(S(=O)(=O)c2ccccc2Cl)CC1. The number of nitrogens with zero attached hydrogens (tertiary/aromatic N) is 2. The largest absolute Gasteiger partial charge is 0.340 e. The summed E-state index contributed by atoms with van der Waals surface area (Å²) in [6.45, 7) is 3.53. The van der Waals surface area contributed by atoms with Crippen molar-refractivity contribution in [1.82, 2.24) is 14.5 Å². The zero-order valence-electron chi connectivity index (χ0n) is 15.1. The predicted octanol–water partition coefficient (Wildman–Crippen LogP) is 1.98. The summed E-state index contributed by atoms with van der Waals surface area (Å²) in [5, 5.41) is 3.59. The number of piperidine rings is 1. The zero-order valence-corrected chi connectivity index (χ0v) is 17.5. The van der Waals surface area contributed by atoms with Crippen LogP contribution in [0.5, 0.6) is 0 Å². The molecule has 9 heteroatoms. The van der Waals surface area contributed by atoms with Gasteiger partial charge in [-0.15, -0.1) is 12.4 Å². The molecule has 2 heterocycles. The van der Waals surface area contributed by atoms with E-state index in [0.717, 1.165) is 32.4 Å². The molecule has 1 amide bonds. The summed E-state index contributed by atoms with van der Waals surface area (Å²) in [6, 6.07) is 6.49. The number of piperazine rings is 1. The average Bonchev–Trinajstić information content (AvgIpc) is 3.34. The summed E-state index contributed by atoms with van der Waals surface area (Å²) in [7, 11) is -3.62. The van der Waals surface area contributed by atoms with E-state index in [-0.39, 0.29) is 39.6 Å². The topological polar surface area (TPSA) is 69.7 Å². The lowest BCUT2D eigenvalue weighted by molar-refractivity contribution is -0.134. The van der Waals surface area contributed by atoms with Gasteiger partial charge >= 0.3 is 0 Å². The first-order valence-corrected chi connectivity index (χ1v) is 11.0. The summed E-state index contributed by atoms with van der Waals surface area (Å²) in [4.78, 5) is 14.8. The van der Waals surface area contributed by atoms with Gasteiger partial charge in [0.05, 0.1) is 5.02 Å². The second kappa shape index (κ2) is 7.87. The number of benzene rings is 1. The standard InChI is InChI=1S/C18H24ClN3O3S.ClH/c19-15-3-1-2-4-16(15)26(24,25)22-11-9-21(10-12-22)17(23)14-13-18(14)5-7-20-8-6-18;/h1-4,14,20H,5-13H2;1H. The van der Waals surface area contributed by atoms with Crippen LogP contribution >= 0.6 is 24.0 Å². The van der Waals surface area contributed by atoms with Crippen LogP contribution in [0.2, 0.25) is 5.02 Å². The third-order valence-corrected chi connectivity index (χ3v) is 8.49. The molecule has 1 N–H and O–H groups in total. The third-order valence-electron chi connectivity index (χ3n) is 6.09. The molecule has 0 bridgehead atoms. The summed E-state index contributed by atoms with van der Waals surface area (Å²) >= 11 is 6.06. The Hall–Kier alpha value is -0.860. The van der Waals surface area contributed by atoms with Crippen molar-refractivity contribution in [3.63, 3.8) is 0 Å². The number of hydrogen-bond donors (Lipinski definition) is 1. The molecule has 2 aliphatic heterocycles. The Balaban J connectivity index is 0.00000210. The van der Waals surface area contributed by atoms with Crippen molar-refractivity contribution in [3.05, 3.63) is 29.3 Å². The van der Waals surface area contributed by atoms with Crippen LogP contribution in [0.1, 0.15) is 19.3 Å². The minimum Gasteiger partial charge on any atom is -0.340 e. The fraction of sp³-hybridized carbons (Fsp3) is 0.611. The van der Waals surface area contributed by atoms with E-state index in [1.54, 1.807) is 18.2 Å². The van der Waals surface area contributed by atoms with Gasteiger partial charge in [0.15, 0.2) is 0 Å². The fourth-order valence-electron chi connectivity index (χ4n) is 4.34. The average molecular weight is 434 g/mol. The molecule has 150 valence electrons. The first-order chi connectivity index (χ1) is 12.4. The van der Waals surface area contributed by atoms with Crippen LogP contribution in [0, 0.1) is 11.3 Å². The smallest absolute Gasteiger partial charge is 0.244 e. The highest BCUT2D eigenvalue weighted by Crippen LogP contribution is 2.59. The molecule has 6 nitrogen and oxygen atoms in total. The third kappa shape index (κ3) is 3.85. The lowest BCUT2D eigenvalue weighted by atomic mass is 9.91. The number of carbonyl (C=O) groups is 1. The van der Waals surface area contributed by atoms with Crippen LogP contribution in [0.4, 0.5) is 0 Å². The summed E-state index contributed by atoms with van der Waals surface area (Å²) in [5.74, 6) is 0.345. The van der Waals surface area contributed by atoms with Gasteiger partial charge in [-0.1, -0.05) is 23.7 Å². The molecule has 1 unspecified atom stereocenters. The van der Waals surface area contributed by atoms with E-state index in [4.69, 9.17) is 11.6 Å². The Bertz CT molecular complexity index is 804. The van der Waals surface area contributed by atoms with E-state index < -0.39 is 10.0 Å². The number of amides is 1. The molecule has 0 aromatic heterocycles. The lowest BCUT2D eigenvalue weighted by Crippen LogP contribution is -2.51. The van der Waals surface area contributed by atoms with E-state index in [2.05, 4.69) is 5.32 Å². The molecule has 3 aliphatic rings. The maximum atomic E-state index is 12.8. The van der Waals surface area contributed by atoms with Gasteiger partial charge in [-0.05, 0) is 49.9 Å². The van der Waals surface area contributed by atoms with Gasteiger partial charge in [-0.25, -0.2) is 8.42 Å². The van der Waals surface area contributed by atoms with Crippen molar-refractivity contribution in [2.24, 2.45) is 11.3 Å². The van der Waals surface area contributed by atoms with Crippen molar-refractivity contribution in [1.29, 1.82) is 0 Å². The van der Waals surface area contributed by atoms with Gasteiger partial charge in [-0.3, -0.25) is 4.79 Å². The first kappa shape index (κ1) is 20.9. The van der Waals surface area contributed by atoms with E-state index >= 15 is 0 Å². The fourth-order valence-corrected chi connectivity index (χ4v) is 6.25. The van der Waals surface area contributed by atoms with Crippen LogP contribution in [-0.2, 0) is 14.8 Å². The monoisotopic (exact) mass is 433 g/mol. The number of carbonyl (C=O) groups excluding carboxylic acids is 1. The Labute approximate surface area is 171 Å². The second-order valence-corrected chi connectivity index (χ2v) is 9.84.